The van der Waals surface area contributed by atoms with Crippen LogP contribution in [0.15, 0.2) is 4.52 Å². The van der Waals surface area contributed by atoms with Gasteiger partial charge in [-0.2, -0.15) is 4.98 Å². The van der Waals surface area contributed by atoms with Crippen molar-refractivity contribution in [1.82, 2.24) is 10.1 Å². The first-order valence-electron chi connectivity index (χ1n) is 7.45. The highest BCUT2D eigenvalue weighted by Crippen LogP contribution is 2.44. The zero-order valence-corrected chi connectivity index (χ0v) is 11.6. The SMILES string of the molecule is CCOC(c1noc(C2(CN)CCCC2)n1)C1CC1. The van der Waals surface area contributed by atoms with Crippen LogP contribution in [0.3, 0.4) is 0 Å². The van der Waals surface area contributed by atoms with Gasteiger partial charge in [0.2, 0.25) is 11.7 Å². The number of hydrogen-bond acceptors (Lipinski definition) is 5. The van der Waals surface area contributed by atoms with E-state index in [-0.39, 0.29) is 11.5 Å². The van der Waals surface area contributed by atoms with Crippen LogP contribution in [-0.4, -0.2) is 23.3 Å². The van der Waals surface area contributed by atoms with Crippen molar-refractivity contribution in [2.45, 2.75) is 57.0 Å². The normalized spacial score (nSPS) is 23.7. The van der Waals surface area contributed by atoms with Gasteiger partial charge in [0.05, 0.1) is 5.41 Å². The van der Waals surface area contributed by atoms with Gasteiger partial charge >= 0.3 is 0 Å². The Balaban J connectivity index is 1.81. The topological polar surface area (TPSA) is 74.2 Å². The van der Waals surface area contributed by atoms with Crippen molar-refractivity contribution in [1.29, 1.82) is 0 Å². The molecular formula is C14H23N3O2. The van der Waals surface area contributed by atoms with E-state index in [0.29, 0.717) is 19.1 Å². The summed E-state index contributed by atoms with van der Waals surface area (Å²) in [6, 6.07) is 0. The summed E-state index contributed by atoms with van der Waals surface area (Å²) in [5.41, 5.74) is 5.88. The second kappa shape index (κ2) is 5.21. The van der Waals surface area contributed by atoms with Crippen molar-refractivity contribution in [2.24, 2.45) is 11.7 Å². The Morgan fingerprint density at radius 1 is 1.42 bits per heavy atom. The monoisotopic (exact) mass is 265 g/mol. The van der Waals surface area contributed by atoms with Crippen molar-refractivity contribution < 1.29 is 9.26 Å². The summed E-state index contributed by atoms with van der Waals surface area (Å²) in [5, 5.41) is 4.17. The van der Waals surface area contributed by atoms with Gasteiger partial charge in [0, 0.05) is 13.2 Å². The molecule has 1 unspecified atom stereocenters. The highest BCUT2D eigenvalue weighted by Gasteiger charge is 2.42. The van der Waals surface area contributed by atoms with Crippen molar-refractivity contribution in [3.8, 4) is 0 Å². The molecule has 1 aromatic heterocycles. The number of rotatable bonds is 6. The highest BCUT2D eigenvalue weighted by molar-refractivity contribution is 5.10. The van der Waals surface area contributed by atoms with E-state index in [4.69, 9.17) is 15.0 Å². The van der Waals surface area contributed by atoms with E-state index in [0.717, 1.165) is 24.6 Å². The molecule has 2 saturated carbocycles. The lowest BCUT2D eigenvalue weighted by molar-refractivity contribution is 0.0384. The Morgan fingerprint density at radius 2 is 2.16 bits per heavy atom. The second-order valence-electron chi connectivity index (χ2n) is 5.86. The van der Waals surface area contributed by atoms with E-state index in [9.17, 15) is 0 Å². The molecule has 0 saturated heterocycles. The predicted octanol–water partition coefficient (Wildman–Crippen LogP) is 2.33. The fourth-order valence-electron chi connectivity index (χ4n) is 3.12. The molecule has 2 aliphatic rings. The van der Waals surface area contributed by atoms with Crippen molar-refractivity contribution in [2.75, 3.05) is 13.2 Å². The van der Waals surface area contributed by atoms with Crippen LogP contribution in [0.5, 0.6) is 0 Å². The Hall–Kier alpha value is -0.940. The van der Waals surface area contributed by atoms with Gasteiger partial charge in [-0.25, -0.2) is 0 Å². The predicted molar refractivity (Wildman–Crippen MR) is 70.6 cm³/mol. The van der Waals surface area contributed by atoms with Gasteiger partial charge in [-0.05, 0) is 38.5 Å². The molecule has 2 aliphatic carbocycles. The van der Waals surface area contributed by atoms with Gasteiger partial charge in [0.25, 0.3) is 0 Å². The molecule has 19 heavy (non-hydrogen) atoms. The van der Waals surface area contributed by atoms with E-state index in [1.54, 1.807) is 0 Å². The molecular weight excluding hydrogens is 242 g/mol. The summed E-state index contributed by atoms with van der Waals surface area (Å²) in [6.07, 6.45) is 6.95. The first-order valence-corrected chi connectivity index (χ1v) is 7.45. The van der Waals surface area contributed by atoms with Crippen molar-refractivity contribution in [3.63, 3.8) is 0 Å². The number of aromatic nitrogens is 2. The minimum atomic E-state index is -0.0778. The molecule has 5 nitrogen and oxygen atoms in total. The molecule has 0 aromatic carbocycles. The number of nitrogens with two attached hydrogens (primary N) is 1. The smallest absolute Gasteiger partial charge is 0.234 e. The van der Waals surface area contributed by atoms with Gasteiger partial charge < -0.3 is 15.0 Å². The first kappa shape index (κ1) is 13.1. The minimum absolute atomic E-state index is 0.0127. The maximum Gasteiger partial charge on any atom is 0.234 e. The van der Waals surface area contributed by atoms with Crippen LogP contribution in [-0.2, 0) is 10.2 Å². The summed E-state index contributed by atoms with van der Waals surface area (Å²) in [6.45, 7) is 3.29. The Kier molecular flexibility index (Phi) is 3.58. The van der Waals surface area contributed by atoms with Crippen LogP contribution < -0.4 is 5.73 Å². The van der Waals surface area contributed by atoms with Crippen LogP contribution in [0.2, 0.25) is 0 Å². The van der Waals surface area contributed by atoms with Gasteiger partial charge in [-0.3, -0.25) is 0 Å². The molecule has 3 rings (SSSR count). The molecule has 0 amide bonds. The summed E-state index contributed by atoms with van der Waals surface area (Å²) in [7, 11) is 0. The third kappa shape index (κ3) is 2.41. The van der Waals surface area contributed by atoms with E-state index >= 15 is 0 Å². The van der Waals surface area contributed by atoms with E-state index in [1.807, 2.05) is 6.92 Å². The molecule has 1 aromatic rings. The van der Waals surface area contributed by atoms with Crippen LogP contribution >= 0.6 is 0 Å². The van der Waals surface area contributed by atoms with Crippen LogP contribution in [0.4, 0.5) is 0 Å². The largest absolute Gasteiger partial charge is 0.370 e. The fourth-order valence-corrected chi connectivity index (χ4v) is 3.12. The molecule has 106 valence electrons. The van der Waals surface area contributed by atoms with Gasteiger partial charge in [0.1, 0.15) is 6.10 Å². The maximum atomic E-state index is 5.96. The second-order valence-corrected chi connectivity index (χ2v) is 5.86. The Bertz CT molecular complexity index is 422. The lowest BCUT2D eigenvalue weighted by Crippen LogP contribution is -2.32. The zero-order chi connectivity index (χ0) is 13.3. The summed E-state index contributed by atoms with van der Waals surface area (Å²) in [4.78, 5) is 4.63. The summed E-state index contributed by atoms with van der Waals surface area (Å²) >= 11 is 0. The van der Waals surface area contributed by atoms with Crippen LogP contribution in [0.25, 0.3) is 0 Å². The lowest BCUT2D eigenvalue weighted by atomic mass is 9.86. The summed E-state index contributed by atoms with van der Waals surface area (Å²) in [5.74, 6) is 2.02. The van der Waals surface area contributed by atoms with E-state index in [1.165, 1.54) is 25.7 Å². The number of nitrogens with zero attached hydrogens (tertiary/aromatic N) is 2. The molecule has 2 fully saturated rings. The standard InChI is InChI=1S/C14H23N3O2/c1-2-18-11(10-5-6-10)12-16-13(19-17-12)14(9-15)7-3-4-8-14/h10-11H,2-9,15H2,1H3. The van der Waals surface area contributed by atoms with Gasteiger partial charge in [-0.15, -0.1) is 0 Å². The molecule has 1 heterocycles. The van der Waals surface area contributed by atoms with Crippen molar-refractivity contribution in [3.05, 3.63) is 11.7 Å². The molecule has 1 atom stereocenters. The van der Waals surface area contributed by atoms with Crippen LogP contribution in [0.1, 0.15) is 63.3 Å². The van der Waals surface area contributed by atoms with Gasteiger partial charge in [0.15, 0.2) is 0 Å². The quantitative estimate of drug-likeness (QED) is 0.854. The summed E-state index contributed by atoms with van der Waals surface area (Å²) < 4.78 is 11.3. The average Bonchev–Trinajstić information content (AvgIpc) is 2.94. The number of ether oxygens (including phenoxy) is 1. The highest BCUT2D eigenvalue weighted by atomic mass is 16.5. The lowest BCUT2D eigenvalue weighted by Gasteiger charge is -2.21. The van der Waals surface area contributed by atoms with E-state index < -0.39 is 0 Å². The Morgan fingerprint density at radius 3 is 2.74 bits per heavy atom. The van der Waals surface area contributed by atoms with Gasteiger partial charge in [-0.1, -0.05) is 18.0 Å². The molecule has 2 N–H and O–H groups in total. The van der Waals surface area contributed by atoms with Crippen LogP contribution in [0, 0.1) is 5.92 Å². The molecule has 0 aliphatic heterocycles. The molecule has 0 bridgehead atoms. The third-order valence-electron chi connectivity index (χ3n) is 4.50. The first-order chi connectivity index (χ1) is 9.29. The molecule has 5 heteroatoms. The fraction of sp³-hybridized carbons (Fsp3) is 0.857. The van der Waals surface area contributed by atoms with Crippen molar-refractivity contribution >= 4 is 0 Å². The minimum Gasteiger partial charge on any atom is -0.370 e. The van der Waals surface area contributed by atoms with E-state index in [2.05, 4.69) is 10.1 Å². The maximum absolute atomic E-state index is 5.96. The number of hydrogen-bond donors (Lipinski definition) is 1. The third-order valence-corrected chi connectivity index (χ3v) is 4.50. The molecule has 0 spiro atoms. The average molecular weight is 265 g/mol. The molecule has 0 radical (unpaired) electrons. The Labute approximate surface area is 113 Å². The zero-order valence-electron chi connectivity index (χ0n) is 11.6.